The fourth-order valence-electron chi connectivity index (χ4n) is 3.60. The Morgan fingerprint density at radius 1 is 1.06 bits per heavy atom. The van der Waals surface area contributed by atoms with Crippen LogP contribution in [0.15, 0.2) is 68.6 Å². The number of aromatic nitrogens is 3. The monoisotopic (exact) mass is 507 g/mol. The minimum absolute atomic E-state index is 0.148. The molecule has 0 aliphatic heterocycles. The summed E-state index contributed by atoms with van der Waals surface area (Å²) < 4.78 is 17.9. The van der Waals surface area contributed by atoms with Crippen molar-refractivity contribution < 1.29 is 13.9 Å². The van der Waals surface area contributed by atoms with Crippen molar-refractivity contribution in [3.8, 4) is 22.8 Å². The molecule has 2 aromatic carbocycles. The molecule has 0 bridgehead atoms. The lowest BCUT2D eigenvalue weighted by Crippen LogP contribution is -2.28. The number of fused-ring (bicyclic) bond motifs is 1. The first-order chi connectivity index (χ1) is 17.0. The molecule has 0 aliphatic carbocycles. The summed E-state index contributed by atoms with van der Waals surface area (Å²) in [6.45, 7) is 0. The molecular weight excluding hydrogens is 490 g/mol. The van der Waals surface area contributed by atoms with Crippen molar-refractivity contribution >= 4 is 34.0 Å². The van der Waals surface area contributed by atoms with E-state index in [9.17, 15) is 9.59 Å². The molecule has 0 saturated heterocycles. The third-order valence-electron chi connectivity index (χ3n) is 5.31. The van der Waals surface area contributed by atoms with Gasteiger partial charge < -0.3 is 13.9 Å². The van der Waals surface area contributed by atoms with Crippen molar-refractivity contribution in [1.29, 1.82) is 0 Å². The number of halogens is 1. The molecular formula is C25H18ClN3O5S. The molecule has 8 nitrogen and oxygen atoms in total. The largest absolute Gasteiger partial charge is 0.493 e. The van der Waals surface area contributed by atoms with E-state index in [1.807, 2.05) is 18.2 Å². The van der Waals surface area contributed by atoms with Crippen LogP contribution in [0.1, 0.15) is 17.0 Å². The highest BCUT2D eigenvalue weighted by atomic mass is 35.5. The Bertz CT molecular complexity index is 1720. The van der Waals surface area contributed by atoms with Gasteiger partial charge in [-0.2, -0.15) is 14.6 Å². The second-order valence-electron chi connectivity index (χ2n) is 7.52. The Labute approximate surface area is 207 Å². The van der Waals surface area contributed by atoms with E-state index in [1.165, 1.54) is 7.11 Å². The summed E-state index contributed by atoms with van der Waals surface area (Å²) in [5, 5.41) is 4.86. The fourth-order valence-corrected chi connectivity index (χ4v) is 4.71. The quantitative estimate of drug-likeness (QED) is 0.346. The van der Waals surface area contributed by atoms with Gasteiger partial charge in [0.15, 0.2) is 11.5 Å². The molecule has 176 valence electrons. The first-order valence-electron chi connectivity index (χ1n) is 10.5. The van der Waals surface area contributed by atoms with E-state index in [2.05, 4.69) is 10.1 Å². The lowest BCUT2D eigenvalue weighted by molar-refractivity contribution is 0.354. The summed E-state index contributed by atoms with van der Waals surface area (Å²) in [4.78, 5) is 29.9. The van der Waals surface area contributed by atoms with E-state index in [0.29, 0.717) is 32.6 Å². The van der Waals surface area contributed by atoms with Gasteiger partial charge in [-0.3, -0.25) is 9.59 Å². The highest BCUT2D eigenvalue weighted by Gasteiger charge is 2.14. The average molecular weight is 508 g/mol. The van der Waals surface area contributed by atoms with Gasteiger partial charge in [0.1, 0.15) is 21.7 Å². The predicted molar refractivity (Wildman–Crippen MR) is 134 cm³/mol. The molecule has 0 atom stereocenters. The van der Waals surface area contributed by atoms with Crippen molar-refractivity contribution in [3.05, 3.63) is 102 Å². The molecule has 0 amide bonds. The van der Waals surface area contributed by atoms with Crippen LogP contribution in [0, 0.1) is 0 Å². The Morgan fingerprint density at radius 2 is 1.86 bits per heavy atom. The molecule has 0 saturated carbocycles. The zero-order chi connectivity index (χ0) is 24.5. The molecule has 0 N–H and O–H groups in total. The average Bonchev–Trinajstić information content (AvgIpc) is 3.44. The van der Waals surface area contributed by atoms with E-state index in [1.54, 1.807) is 49.6 Å². The second kappa shape index (κ2) is 9.36. The minimum atomic E-state index is -0.494. The Hall–Kier alpha value is -3.95. The van der Waals surface area contributed by atoms with Crippen LogP contribution in [0.4, 0.5) is 0 Å². The molecule has 0 radical (unpaired) electrons. The van der Waals surface area contributed by atoms with Gasteiger partial charge in [0.2, 0.25) is 4.96 Å². The highest BCUT2D eigenvalue weighted by Crippen LogP contribution is 2.29. The van der Waals surface area contributed by atoms with Crippen molar-refractivity contribution in [2.24, 2.45) is 0 Å². The van der Waals surface area contributed by atoms with Crippen molar-refractivity contribution in [2.75, 3.05) is 14.2 Å². The van der Waals surface area contributed by atoms with E-state index < -0.39 is 5.56 Å². The van der Waals surface area contributed by atoms with Crippen LogP contribution >= 0.6 is 22.9 Å². The van der Waals surface area contributed by atoms with E-state index >= 15 is 0 Å². The van der Waals surface area contributed by atoms with Gasteiger partial charge in [-0.1, -0.05) is 41.1 Å². The number of benzene rings is 2. The molecule has 0 fully saturated rings. The topological polar surface area (TPSA) is 95.9 Å². The second-order valence-corrected chi connectivity index (χ2v) is 8.94. The molecule has 5 rings (SSSR count). The zero-order valence-corrected chi connectivity index (χ0v) is 20.2. The predicted octanol–water partition coefficient (Wildman–Crippen LogP) is 3.58. The Balaban J connectivity index is 1.51. The van der Waals surface area contributed by atoms with E-state index in [0.717, 1.165) is 27.0 Å². The van der Waals surface area contributed by atoms with E-state index in [4.69, 9.17) is 25.5 Å². The lowest BCUT2D eigenvalue weighted by Gasteiger charge is -2.09. The Morgan fingerprint density at radius 3 is 2.63 bits per heavy atom. The van der Waals surface area contributed by atoms with Crippen LogP contribution in [0.5, 0.6) is 11.5 Å². The number of thiazole rings is 1. The molecule has 0 spiro atoms. The zero-order valence-electron chi connectivity index (χ0n) is 18.6. The standard InChI is InChI=1S/C25H18ClN3O5S/c1-32-20-9-7-14(12-21(20)33-2)11-18-23(30)27-25-29(28-18)24(31)22(35-25)13-15-8-10-19(34-15)16-5-3-4-6-17(16)26/h3-10,12-13H,11H2,1-2H3. The minimum Gasteiger partial charge on any atom is -0.493 e. The Kier molecular flexibility index (Phi) is 6.10. The van der Waals surface area contributed by atoms with Gasteiger partial charge in [0, 0.05) is 18.1 Å². The van der Waals surface area contributed by atoms with Crippen LogP contribution < -0.4 is 25.1 Å². The maximum atomic E-state index is 13.0. The van der Waals surface area contributed by atoms with E-state index in [-0.39, 0.29) is 22.6 Å². The van der Waals surface area contributed by atoms with Gasteiger partial charge in [-0.15, -0.1) is 0 Å². The summed E-state index contributed by atoms with van der Waals surface area (Å²) in [6.07, 6.45) is 1.78. The number of methoxy groups -OCH3 is 2. The molecule has 5 aromatic rings. The smallest absolute Gasteiger partial charge is 0.296 e. The molecule has 10 heteroatoms. The lowest BCUT2D eigenvalue weighted by atomic mass is 10.1. The first-order valence-corrected chi connectivity index (χ1v) is 11.7. The molecule has 0 aliphatic rings. The summed E-state index contributed by atoms with van der Waals surface area (Å²) in [5.41, 5.74) is 0.788. The number of hydrogen-bond acceptors (Lipinski definition) is 8. The summed E-state index contributed by atoms with van der Waals surface area (Å²) in [6, 6.07) is 16.2. The summed E-state index contributed by atoms with van der Waals surface area (Å²) >= 11 is 7.31. The van der Waals surface area contributed by atoms with Gasteiger partial charge in [-0.05, 0) is 42.0 Å². The summed E-state index contributed by atoms with van der Waals surface area (Å²) in [5.74, 6) is 2.16. The number of hydrogen-bond donors (Lipinski definition) is 0. The number of nitrogens with zero attached hydrogens (tertiary/aromatic N) is 3. The van der Waals surface area contributed by atoms with Crippen molar-refractivity contribution in [1.82, 2.24) is 14.6 Å². The van der Waals surface area contributed by atoms with Crippen LogP contribution in [0.3, 0.4) is 0 Å². The number of rotatable bonds is 6. The molecule has 3 aromatic heterocycles. The fraction of sp³-hybridized carbons (Fsp3) is 0.120. The number of ether oxygens (including phenoxy) is 2. The van der Waals surface area contributed by atoms with Crippen LogP contribution in [0.25, 0.3) is 22.4 Å². The van der Waals surface area contributed by atoms with Gasteiger partial charge in [-0.25, -0.2) is 0 Å². The summed E-state index contributed by atoms with van der Waals surface area (Å²) in [7, 11) is 3.08. The van der Waals surface area contributed by atoms with Crippen molar-refractivity contribution in [3.63, 3.8) is 0 Å². The molecule has 0 unspecified atom stereocenters. The maximum absolute atomic E-state index is 13.0. The maximum Gasteiger partial charge on any atom is 0.296 e. The third-order valence-corrected chi connectivity index (χ3v) is 6.60. The first kappa shape index (κ1) is 22.8. The van der Waals surface area contributed by atoms with Crippen LogP contribution in [-0.2, 0) is 6.42 Å². The van der Waals surface area contributed by atoms with Gasteiger partial charge in [0.25, 0.3) is 11.1 Å². The third kappa shape index (κ3) is 4.43. The normalized spacial score (nSPS) is 11.8. The highest BCUT2D eigenvalue weighted by molar-refractivity contribution is 7.15. The number of furan rings is 1. The SMILES string of the molecule is COc1ccc(Cc2nn3c(=O)c(=Cc4ccc(-c5ccccc5Cl)o4)sc3nc2=O)cc1OC. The van der Waals surface area contributed by atoms with Crippen molar-refractivity contribution in [2.45, 2.75) is 6.42 Å². The van der Waals surface area contributed by atoms with Crippen LogP contribution in [0.2, 0.25) is 5.02 Å². The van der Waals surface area contributed by atoms with Crippen LogP contribution in [-0.4, -0.2) is 28.8 Å². The molecule has 3 heterocycles. The van der Waals surface area contributed by atoms with Gasteiger partial charge >= 0.3 is 0 Å². The van der Waals surface area contributed by atoms with Gasteiger partial charge in [0.05, 0.1) is 19.2 Å². The molecule has 35 heavy (non-hydrogen) atoms.